The third-order valence-electron chi connectivity index (χ3n) is 4.28. The molecule has 1 aromatic carbocycles. The summed E-state index contributed by atoms with van der Waals surface area (Å²) in [6.45, 7) is 10.9. The average molecular weight is 361 g/mol. The number of hydrogen-bond donors (Lipinski definition) is 2. The second-order valence-electron chi connectivity index (χ2n) is 8.03. The van der Waals surface area contributed by atoms with Crippen molar-refractivity contribution in [2.75, 3.05) is 13.1 Å². The molecule has 3 amide bonds. The molecule has 0 radical (unpaired) electrons. The zero-order chi connectivity index (χ0) is 19.3. The topological polar surface area (TPSA) is 70.7 Å². The van der Waals surface area contributed by atoms with Crippen LogP contribution in [0.2, 0.25) is 0 Å². The van der Waals surface area contributed by atoms with Crippen LogP contribution in [0.5, 0.6) is 5.75 Å². The molecule has 1 saturated heterocycles. The number of ether oxygens (including phenoxy) is 1. The summed E-state index contributed by atoms with van der Waals surface area (Å²) >= 11 is 0. The molecule has 0 spiro atoms. The van der Waals surface area contributed by atoms with Gasteiger partial charge in [-0.3, -0.25) is 4.79 Å². The van der Waals surface area contributed by atoms with Gasteiger partial charge in [-0.2, -0.15) is 0 Å². The highest BCUT2D eigenvalue weighted by molar-refractivity contribution is 5.81. The number of nitrogens with zero attached hydrogens (tertiary/aromatic N) is 1. The molecule has 1 heterocycles. The van der Waals surface area contributed by atoms with Gasteiger partial charge in [-0.25, -0.2) is 4.79 Å². The molecular weight excluding hydrogens is 330 g/mol. The molecule has 1 atom stereocenters. The lowest BCUT2D eigenvalue weighted by atomic mass is 10.0. The lowest BCUT2D eigenvalue weighted by Crippen LogP contribution is -2.54. The maximum Gasteiger partial charge on any atom is 0.317 e. The van der Waals surface area contributed by atoms with E-state index in [1.165, 1.54) is 0 Å². The van der Waals surface area contributed by atoms with Crippen LogP contribution < -0.4 is 15.4 Å². The minimum Gasteiger partial charge on any atom is -0.481 e. The van der Waals surface area contributed by atoms with Crippen molar-refractivity contribution < 1.29 is 14.3 Å². The lowest BCUT2D eigenvalue weighted by molar-refractivity contribution is -0.128. The molecule has 1 fully saturated rings. The molecule has 0 aromatic heterocycles. The van der Waals surface area contributed by atoms with Gasteiger partial charge in [-0.1, -0.05) is 12.1 Å². The minimum atomic E-state index is -0.556. The zero-order valence-electron chi connectivity index (χ0n) is 16.5. The molecule has 0 saturated carbocycles. The van der Waals surface area contributed by atoms with E-state index in [0.29, 0.717) is 18.8 Å². The predicted octanol–water partition coefficient (Wildman–Crippen LogP) is 2.85. The van der Waals surface area contributed by atoms with Gasteiger partial charge in [0.2, 0.25) is 0 Å². The Labute approximate surface area is 156 Å². The van der Waals surface area contributed by atoms with E-state index in [2.05, 4.69) is 10.6 Å². The summed E-state index contributed by atoms with van der Waals surface area (Å²) in [6.07, 6.45) is 0.944. The standard InChI is InChI=1S/C20H31N3O3/c1-14-7-6-8-17(13-14)26-15(2)18(24)21-16-9-11-23(12-10-16)19(25)22-20(3,4)5/h6-8,13,15-16H,9-12H2,1-5H3,(H,21,24)(H,22,25). The Morgan fingerprint density at radius 2 is 1.88 bits per heavy atom. The largest absolute Gasteiger partial charge is 0.481 e. The van der Waals surface area contributed by atoms with E-state index in [9.17, 15) is 9.59 Å². The molecule has 1 aliphatic heterocycles. The first-order valence-electron chi connectivity index (χ1n) is 9.25. The number of rotatable bonds is 4. The zero-order valence-corrected chi connectivity index (χ0v) is 16.5. The van der Waals surface area contributed by atoms with Gasteiger partial charge in [-0.05, 0) is 65.2 Å². The van der Waals surface area contributed by atoms with E-state index < -0.39 is 6.10 Å². The molecule has 6 heteroatoms. The fourth-order valence-electron chi connectivity index (χ4n) is 2.89. The number of urea groups is 1. The molecule has 2 N–H and O–H groups in total. The number of piperidine rings is 1. The SMILES string of the molecule is Cc1cccc(OC(C)C(=O)NC2CCN(C(=O)NC(C)(C)C)CC2)c1. The third-order valence-corrected chi connectivity index (χ3v) is 4.28. The number of carbonyl (C=O) groups excluding carboxylic acids is 2. The maximum absolute atomic E-state index is 12.4. The molecule has 1 aliphatic rings. The van der Waals surface area contributed by atoms with Crippen molar-refractivity contribution in [1.29, 1.82) is 0 Å². The van der Waals surface area contributed by atoms with E-state index in [4.69, 9.17) is 4.74 Å². The number of hydrogen-bond acceptors (Lipinski definition) is 3. The van der Waals surface area contributed by atoms with Crippen molar-refractivity contribution >= 4 is 11.9 Å². The Bertz CT molecular complexity index is 631. The number of carbonyl (C=O) groups is 2. The van der Waals surface area contributed by atoms with E-state index in [-0.39, 0.29) is 23.5 Å². The number of nitrogens with one attached hydrogen (secondary N) is 2. The summed E-state index contributed by atoms with van der Waals surface area (Å²) in [6, 6.07) is 7.69. The highest BCUT2D eigenvalue weighted by Crippen LogP contribution is 2.15. The maximum atomic E-state index is 12.4. The van der Waals surface area contributed by atoms with Gasteiger partial charge in [0.05, 0.1) is 0 Å². The van der Waals surface area contributed by atoms with Crippen LogP contribution in [0.4, 0.5) is 4.79 Å². The Morgan fingerprint density at radius 1 is 1.23 bits per heavy atom. The van der Waals surface area contributed by atoms with Gasteiger partial charge in [-0.15, -0.1) is 0 Å². The molecular formula is C20H31N3O3. The van der Waals surface area contributed by atoms with Gasteiger partial charge in [0, 0.05) is 24.7 Å². The number of benzene rings is 1. The van der Waals surface area contributed by atoms with Crippen LogP contribution in [-0.2, 0) is 4.79 Å². The van der Waals surface area contributed by atoms with Crippen molar-refractivity contribution in [3.8, 4) is 5.75 Å². The van der Waals surface area contributed by atoms with Crippen molar-refractivity contribution in [3.63, 3.8) is 0 Å². The van der Waals surface area contributed by atoms with Crippen molar-refractivity contribution in [2.24, 2.45) is 0 Å². The minimum absolute atomic E-state index is 0.0431. The fourth-order valence-corrected chi connectivity index (χ4v) is 2.89. The van der Waals surface area contributed by atoms with Crippen LogP contribution in [0, 0.1) is 6.92 Å². The van der Waals surface area contributed by atoms with Gasteiger partial charge in [0.25, 0.3) is 5.91 Å². The lowest BCUT2D eigenvalue weighted by Gasteiger charge is -2.34. The van der Waals surface area contributed by atoms with Crippen LogP contribution >= 0.6 is 0 Å². The van der Waals surface area contributed by atoms with Crippen LogP contribution in [0.1, 0.15) is 46.1 Å². The fraction of sp³-hybridized carbons (Fsp3) is 0.600. The first-order chi connectivity index (χ1) is 12.1. The molecule has 1 unspecified atom stereocenters. The summed E-state index contributed by atoms with van der Waals surface area (Å²) < 4.78 is 5.73. The first kappa shape index (κ1) is 20.1. The van der Waals surface area contributed by atoms with Crippen molar-refractivity contribution in [3.05, 3.63) is 29.8 Å². The average Bonchev–Trinajstić information content (AvgIpc) is 2.53. The predicted molar refractivity (Wildman–Crippen MR) is 102 cm³/mol. The summed E-state index contributed by atoms with van der Waals surface area (Å²) in [5.41, 5.74) is 0.848. The number of aryl methyl sites for hydroxylation is 1. The number of likely N-dealkylation sites (tertiary alicyclic amines) is 1. The van der Waals surface area contributed by atoms with Gasteiger partial charge in [0.15, 0.2) is 6.10 Å². The molecule has 0 bridgehead atoms. The van der Waals surface area contributed by atoms with Gasteiger partial charge < -0.3 is 20.3 Å². The third kappa shape index (κ3) is 6.24. The quantitative estimate of drug-likeness (QED) is 0.866. The smallest absolute Gasteiger partial charge is 0.317 e. The van der Waals surface area contributed by atoms with E-state index >= 15 is 0 Å². The van der Waals surface area contributed by atoms with Crippen LogP contribution in [-0.4, -0.2) is 47.6 Å². The molecule has 0 aliphatic carbocycles. The first-order valence-corrected chi connectivity index (χ1v) is 9.25. The molecule has 6 nitrogen and oxygen atoms in total. The summed E-state index contributed by atoms with van der Waals surface area (Å²) in [5.74, 6) is 0.574. The van der Waals surface area contributed by atoms with Crippen molar-refractivity contribution in [1.82, 2.24) is 15.5 Å². The van der Waals surface area contributed by atoms with E-state index in [0.717, 1.165) is 18.4 Å². The summed E-state index contributed by atoms with van der Waals surface area (Å²) in [4.78, 5) is 26.4. The Kier molecular flexibility index (Phi) is 6.51. The second kappa shape index (κ2) is 8.43. The van der Waals surface area contributed by atoms with Crippen LogP contribution in [0.3, 0.4) is 0 Å². The van der Waals surface area contributed by atoms with Crippen molar-refractivity contribution in [2.45, 2.75) is 65.1 Å². The Morgan fingerprint density at radius 3 is 2.46 bits per heavy atom. The summed E-state index contributed by atoms with van der Waals surface area (Å²) in [7, 11) is 0. The molecule has 26 heavy (non-hydrogen) atoms. The highest BCUT2D eigenvalue weighted by Gasteiger charge is 2.27. The molecule has 2 rings (SSSR count). The van der Waals surface area contributed by atoms with Crippen LogP contribution in [0.25, 0.3) is 0 Å². The van der Waals surface area contributed by atoms with Gasteiger partial charge >= 0.3 is 6.03 Å². The van der Waals surface area contributed by atoms with E-state index in [1.807, 2.05) is 52.0 Å². The number of amides is 3. The second-order valence-corrected chi connectivity index (χ2v) is 8.03. The summed E-state index contributed by atoms with van der Waals surface area (Å²) in [5, 5.41) is 6.01. The monoisotopic (exact) mass is 361 g/mol. The van der Waals surface area contributed by atoms with Crippen LogP contribution in [0.15, 0.2) is 24.3 Å². The molecule has 144 valence electrons. The molecule has 1 aromatic rings. The van der Waals surface area contributed by atoms with E-state index in [1.54, 1.807) is 11.8 Å². The normalized spacial score (nSPS) is 16.7. The Hall–Kier alpha value is -2.24. The highest BCUT2D eigenvalue weighted by atomic mass is 16.5. The van der Waals surface area contributed by atoms with Gasteiger partial charge in [0.1, 0.15) is 5.75 Å². The Balaban J connectivity index is 1.77.